The van der Waals surface area contributed by atoms with E-state index in [0.29, 0.717) is 16.5 Å². The molecule has 1 aromatic heterocycles. The predicted octanol–water partition coefficient (Wildman–Crippen LogP) is 4.31. The minimum Gasteiger partial charge on any atom is -0.327 e. The van der Waals surface area contributed by atoms with E-state index in [0.717, 1.165) is 25.0 Å². The van der Waals surface area contributed by atoms with Gasteiger partial charge in [0.25, 0.3) is 5.91 Å². The highest BCUT2D eigenvalue weighted by Gasteiger charge is 2.39. The zero-order chi connectivity index (χ0) is 20.8. The molecule has 1 amide bonds. The van der Waals surface area contributed by atoms with Gasteiger partial charge in [0.15, 0.2) is 5.69 Å². The molecule has 2 aromatic carbocycles. The molecule has 8 heteroatoms. The Morgan fingerprint density at radius 3 is 2.59 bits per heavy atom. The average molecular weight is 401 g/mol. The van der Waals surface area contributed by atoms with Crippen LogP contribution in [0.15, 0.2) is 53.3 Å². The molecular formula is C21H18F3N3O2. The van der Waals surface area contributed by atoms with Crippen molar-refractivity contribution in [1.29, 1.82) is 0 Å². The summed E-state index contributed by atoms with van der Waals surface area (Å²) < 4.78 is 39.3. The van der Waals surface area contributed by atoms with Crippen LogP contribution in [0.3, 0.4) is 0 Å². The number of benzene rings is 2. The quantitative estimate of drug-likeness (QED) is 0.709. The number of halogens is 3. The molecule has 0 unspecified atom stereocenters. The van der Waals surface area contributed by atoms with Gasteiger partial charge in [-0.15, -0.1) is 0 Å². The topological polar surface area (TPSA) is 66.1 Å². The number of para-hydroxylation sites is 1. The van der Waals surface area contributed by atoms with Crippen molar-refractivity contribution >= 4 is 16.8 Å². The first-order chi connectivity index (χ1) is 13.8. The Kier molecular flexibility index (Phi) is 4.64. The number of alkyl halides is 3. The van der Waals surface area contributed by atoms with Gasteiger partial charge in [0, 0.05) is 11.4 Å². The molecule has 150 valence electrons. The fourth-order valence-electron chi connectivity index (χ4n) is 3.49. The fourth-order valence-corrected chi connectivity index (χ4v) is 3.49. The average Bonchev–Trinajstić information content (AvgIpc) is 3.53. The number of hydrogen-bond acceptors (Lipinski definition) is 3. The molecule has 1 atom stereocenters. The molecule has 0 bridgehead atoms. The molecule has 0 radical (unpaired) electrons. The van der Waals surface area contributed by atoms with E-state index in [1.165, 1.54) is 11.0 Å². The van der Waals surface area contributed by atoms with Crippen LogP contribution in [0.1, 0.15) is 47.4 Å². The summed E-state index contributed by atoms with van der Waals surface area (Å²) in [5.41, 5.74) is -0.650. The number of rotatable bonds is 4. The second-order valence-electron chi connectivity index (χ2n) is 7.19. The van der Waals surface area contributed by atoms with Gasteiger partial charge in [-0.1, -0.05) is 24.3 Å². The maximum atomic E-state index is 13.2. The Balaban J connectivity index is 1.73. The Labute approximate surface area is 164 Å². The summed E-state index contributed by atoms with van der Waals surface area (Å²) in [5.74, 6) is -0.579. The summed E-state index contributed by atoms with van der Waals surface area (Å²) >= 11 is 0. The summed E-state index contributed by atoms with van der Waals surface area (Å²) in [6.07, 6.45) is -3.00. The van der Waals surface area contributed by atoms with Crippen molar-refractivity contribution in [3.8, 4) is 0 Å². The van der Waals surface area contributed by atoms with Crippen molar-refractivity contribution < 1.29 is 18.0 Å². The van der Waals surface area contributed by atoms with Crippen molar-refractivity contribution in [2.45, 2.75) is 38.0 Å². The molecule has 1 aliphatic carbocycles. The van der Waals surface area contributed by atoms with Crippen molar-refractivity contribution in [2.75, 3.05) is 0 Å². The molecule has 0 saturated heterocycles. The molecule has 0 spiro atoms. The van der Waals surface area contributed by atoms with Gasteiger partial charge < -0.3 is 4.90 Å². The van der Waals surface area contributed by atoms with Crippen molar-refractivity contribution in [2.24, 2.45) is 0 Å². The molecular weight excluding hydrogens is 383 g/mol. The van der Waals surface area contributed by atoms with Crippen LogP contribution < -0.4 is 5.43 Å². The first-order valence-corrected chi connectivity index (χ1v) is 9.24. The van der Waals surface area contributed by atoms with Gasteiger partial charge in [0.2, 0.25) is 5.43 Å². The molecule has 29 heavy (non-hydrogen) atoms. The number of aromatic amines is 1. The van der Waals surface area contributed by atoms with E-state index in [9.17, 15) is 22.8 Å². The number of carbonyl (C=O) groups is 1. The van der Waals surface area contributed by atoms with Crippen LogP contribution in [0.5, 0.6) is 0 Å². The molecule has 4 rings (SSSR count). The van der Waals surface area contributed by atoms with Crippen LogP contribution in [-0.2, 0) is 6.18 Å². The Morgan fingerprint density at radius 2 is 1.90 bits per heavy atom. The van der Waals surface area contributed by atoms with Crippen LogP contribution in [0.4, 0.5) is 13.2 Å². The number of hydrogen-bond donors (Lipinski definition) is 1. The minimum absolute atomic E-state index is 0.125. The van der Waals surface area contributed by atoms with E-state index in [2.05, 4.69) is 10.2 Å². The number of nitrogens with one attached hydrogen (secondary N) is 1. The summed E-state index contributed by atoms with van der Waals surface area (Å²) in [6.45, 7) is 1.67. The third-order valence-electron chi connectivity index (χ3n) is 5.17. The van der Waals surface area contributed by atoms with Gasteiger partial charge in [0.05, 0.1) is 17.1 Å². The van der Waals surface area contributed by atoms with Crippen LogP contribution in [0.2, 0.25) is 0 Å². The number of H-pyrrole nitrogens is 1. The lowest BCUT2D eigenvalue weighted by atomic mass is 10.0. The molecule has 1 saturated carbocycles. The minimum atomic E-state index is -4.47. The lowest BCUT2D eigenvalue weighted by molar-refractivity contribution is -0.137. The lowest BCUT2D eigenvalue weighted by Gasteiger charge is -2.29. The van der Waals surface area contributed by atoms with Gasteiger partial charge in [-0.3, -0.25) is 14.7 Å². The van der Waals surface area contributed by atoms with Crippen LogP contribution in [0, 0.1) is 0 Å². The predicted molar refractivity (Wildman–Crippen MR) is 101 cm³/mol. The van der Waals surface area contributed by atoms with Crippen molar-refractivity contribution in [3.05, 3.63) is 75.6 Å². The Bertz CT molecular complexity index is 1140. The Morgan fingerprint density at radius 1 is 1.17 bits per heavy atom. The van der Waals surface area contributed by atoms with Gasteiger partial charge in [-0.05, 0) is 49.6 Å². The normalized spacial score (nSPS) is 15.3. The van der Waals surface area contributed by atoms with Gasteiger partial charge in [-0.2, -0.15) is 18.3 Å². The highest BCUT2D eigenvalue weighted by Crippen LogP contribution is 2.37. The SMILES string of the molecule is C[C@@H](c1cccc(C(F)(F)F)c1)N(C(=O)c1n[nH]c2ccccc2c1=O)C1CC1. The van der Waals surface area contributed by atoms with E-state index >= 15 is 0 Å². The highest BCUT2D eigenvalue weighted by molar-refractivity contribution is 5.95. The number of nitrogens with zero attached hydrogens (tertiary/aromatic N) is 2. The van der Waals surface area contributed by atoms with Crippen molar-refractivity contribution in [3.63, 3.8) is 0 Å². The highest BCUT2D eigenvalue weighted by atomic mass is 19.4. The monoisotopic (exact) mass is 401 g/mol. The standard InChI is InChI=1S/C21H18F3N3O2/c1-12(13-5-4-6-14(11-13)21(22,23)24)27(15-9-10-15)20(29)18-19(28)16-7-2-3-8-17(16)25-26-18/h2-8,11-12,15H,9-10H2,1H3,(H,25,28)/t12-/m0/s1. The molecule has 0 aliphatic heterocycles. The van der Waals surface area contributed by atoms with E-state index in [4.69, 9.17) is 0 Å². The van der Waals surface area contributed by atoms with E-state index in [-0.39, 0.29) is 11.7 Å². The van der Waals surface area contributed by atoms with Crippen LogP contribution in [-0.4, -0.2) is 27.0 Å². The number of amides is 1. The summed E-state index contributed by atoms with van der Waals surface area (Å²) in [5, 5.41) is 7.02. The smallest absolute Gasteiger partial charge is 0.327 e. The van der Waals surface area contributed by atoms with Crippen molar-refractivity contribution in [1.82, 2.24) is 15.1 Å². The summed E-state index contributed by atoms with van der Waals surface area (Å²) in [6, 6.07) is 10.9. The second-order valence-corrected chi connectivity index (χ2v) is 7.19. The lowest BCUT2D eigenvalue weighted by Crippen LogP contribution is -2.39. The van der Waals surface area contributed by atoms with Gasteiger partial charge in [0.1, 0.15) is 0 Å². The van der Waals surface area contributed by atoms with E-state index in [1.54, 1.807) is 37.3 Å². The maximum Gasteiger partial charge on any atom is 0.416 e. The van der Waals surface area contributed by atoms with Gasteiger partial charge >= 0.3 is 6.18 Å². The number of carbonyl (C=O) groups excluding carboxylic acids is 1. The zero-order valence-corrected chi connectivity index (χ0v) is 15.5. The largest absolute Gasteiger partial charge is 0.416 e. The van der Waals surface area contributed by atoms with Crippen LogP contribution in [0.25, 0.3) is 10.9 Å². The van der Waals surface area contributed by atoms with Gasteiger partial charge in [-0.25, -0.2) is 0 Å². The maximum absolute atomic E-state index is 13.2. The van der Waals surface area contributed by atoms with Crippen LogP contribution >= 0.6 is 0 Å². The third kappa shape index (κ3) is 3.62. The number of fused-ring (bicyclic) bond motifs is 1. The first-order valence-electron chi connectivity index (χ1n) is 9.24. The van der Waals surface area contributed by atoms with E-state index in [1.807, 2.05) is 0 Å². The molecule has 5 nitrogen and oxygen atoms in total. The second kappa shape index (κ2) is 7.02. The molecule has 1 fully saturated rings. The molecule has 3 aromatic rings. The molecule has 1 heterocycles. The molecule has 1 aliphatic rings. The number of aromatic nitrogens is 2. The third-order valence-corrected chi connectivity index (χ3v) is 5.17. The first kappa shape index (κ1) is 19.2. The molecule has 1 N–H and O–H groups in total. The van der Waals surface area contributed by atoms with E-state index < -0.39 is 29.1 Å². The zero-order valence-electron chi connectivity index (χ0n) is 15.5. The summed E-state index contributed by atoms with van der Waals surface area (Å²) in [4.78, 5) is 27.5. The summed E-state index contributed by atoms with van der Waals surface area (Å²) in [7, 11) is 0. The fraction of sp³-hybridized carbons (Fsp3) is 0.286. The Hall–Kier alpha value is -3.16.